The molecular formula is C25H24ClN2P. The molecule has 29 heavy (non-hydrogen) atoms. The van der Waals surface area contributed by atoms with E-state index in [-0.39, 0.29) is 0 Å². The fourth-order valence-corrected chi connectivity index (χ4v) is 9.87. The predicted octanol–water partition coefficient (Wildman–Crippen LogP) is 5.28. The molecule has 0 unspecified atom stereocenters. The first-order chi connectivity index (χ1) is 14.0. The van der Waals surface area contributed by atoms with Gasteiger partial charge in [0.25, 0.3) is 0 Å². The van der Waals surface area contributed by atoms with Crippen LogP contribution in [-0.4, -0.2) is 9.97 Å². The Balaban J connectivity index is 2.08. The van der Waals surface area contributed by atoms with Gasteiger partial charge in [-0.25, -0.2) is 0 Å². The average Bonchev–Trinajstić information content (AvgIpc) is 2.78. The molecule has 0 spiro atoms. The maximum absolute atomic E-state index is 8.06. The van der Waals surface area contributed by atoms with E-state index in [1.54, 1.807) is 0 Å². The molecule has 0 radical (unpaired) electrons. The molecule has 3 aromatic carbocycles. The Morgan fingerprint density at radius 3 is 1.45 bits per heavy atom. The third-order valence-electron chi connectivity index (χ3n) is 5.58. The van der Waals surface area contributed by atoms with Gasteiger partial charge in [-0.1, -0.05) is 0 Å². The number of benzene rings is 3. The van der Waals surface area contributed by atoms with Gasteiger partial charge in [0.05, 0.1) is 0 Å². The number of nitrogens with zero attached hydrogens (tertiary/aromatic N) is 2. The van der Waals surface area contributed by atoms with Crippen LogP contribution in [-0.2, 0) is 6.16 Å². The standard InChI is InChI=1S/C25H24ClN2P/c1-20-21(2)28-22(18-27-20)19-29(26,23-12-6-3-7-13-23,24-14-8-4-9-15-24)25-16-10-5-11-17-25/h3-18H,19H2,1-2H3. The number of hydrogen-bond donors (Lipinski definition) is 0. The quantitative estimate of drug-likeness (QED) is 0.412. The van der Waals surface area contributed by atoms with Crippen molar-refractivity contribution in [3.8, 4) is 0 Å². The molecule has 4 rings (SSSR count). The summed E-state index contributed by atoms with van der Waals surface area (Å²) in [6.07, 6.45) is 2.49. The van der Waals surface area contributed by atoms with Crippen molar-refractivity contribution in [2.75, 3.05) is 0 Å². The molecule has 0 aliphatic heterocycles. The summed E-state index contributed by atoms with van der Waals surface area (Å²) in [5.41, 5.74) is 2.80. The van der Waals surface area contributed by atoms with Crippen molar-refractivity contribution >= 4 is 33.1 Å². The molecule has 1 aromatic heterocycles. The Morgan fingerprint density at radius 1 is 0.655 bits per heavy atom. The maximum atomic E-state index is 8.06. The number of rotatable bonds is 5. The third-order valence-corrected chi connectivity index (χ3v) is 12.7. The van der Waals surface area contributed by atoms with Crippen molar-refractivity contribution in [1.82, 2.24) is 9.97 Å². The minimum atomic E-state index is -3.35. The predicted molar refractivity (Wildman–Crippen MR) is 126 cm³/mol. The number of aromatic nitrogens is 2. The van der Waals surface area contributed by atoms with Crippen LogP contribution in [0.4, 0.5) is 0 Å². The summed E-state index contributed by atoms with van der Waals surface area (Å²) in [7, 11) is 0. The Kier molecular flexibility index (Phi) is 5.25. The summed E-state index contributed by atoms with van der Waals surface area (Å²) in [5, 5.41) is 3.41. The van der Waals surface area contributed by atoms with Gasteiger partial charge < -0.3 is 0 Å². The molecule has 0 aliphatic rings. The van der Waals surface area contributed by atoms with E-state index in [1.165, 1.54) is 0 Å². The van der Waals surface area contributed by atoms with E-state index >= 15 is 0 Å². The molecule has 0 atom stereocenters. The minimum absolute atomic E-state index is 0.610. The molecule has 0 bridgehead atoms. The van der Waals surface area contributed by atoms with Gasteiger partial charge in [0.2, 0.25) is 0 Å². The van der Waals surface area contributed by atoms with Gasteiger partial charge >= 0.3 is 177 Å². The Labute approximate surface area is 177 Å². The second-order valence-electron chi connectivity index (χ2n) is 7.38. The van der Waals surface area contributed by atoms with Gasteiger partial charge in [-0.05, 0) is 0 Å². The summed E-state index contributed by atoms with van der Waals surface area (Å²) in [4.78, 5) is 9.44. The fourth-order valence-electron chi connectivity index (χ4n) is 3.91. The second-order valence-corrected chi connectivity index (χ2v) is 13.8. The van der Waals surface area contributed by atoms with E-state index in [2.05, 4.69) is 77.8 Å². The molecule has 0 fully saturated rings. The monoisotopic (exact) mass is 418 g/mol. The summed E-state index contributed by atoms with van der Waals surface area (Å²) >= 11 is 8.06. The molecule has 2 nitrogen and oxygen atoms in total. The van der Waals surface area contributed by atoms with E-state index < -0.39 is 5.96 Å². The van der Waals surface area contributed by atoms with Crippen molar-refractivity contribution in [2.45, 2.75) is 20.0 Å². The number of aryl methyl sites for hydroxylation is 2. The summed E-state index contributed by atoms with van der Waals surface area (Å²) in [5.74, 6) is -3.35. The van der Waals surface area contributed by atoms with Gasteiger partial charge in [-0.3, -0.25) is 0 Å². The van der Waals surface area contributed by atoms with Crippen molar-refractivity contribution in [1.29, 1.82) is 0 Å². The van der Waals surface area contributed by atoms with Gasteiger partial charge in [0, 0.05) is 0 Å². The fraction of sp³-hybridized carbons (Fsp3) is 0.120. The van der Waals surface area contributed by atoms with Crippen LogP contribution in [0.3, 0.4) is 0 Å². The topological polar surface area (TPSA) is 25.8 Å². The van der Waals surface area contributed by atoms with Crippen LogP contribution in [0, 0.1) is 13.8 Å². The number of hydrogen-bond acceptors (Lipinski definition) is 2. The van der Waals surface area contributed by atoms with Crippen LogP contribution in [0.1, 0.15) is 17.1 Å². The number of halogens is 1. The van der Waals surface area contributed by atoms with Crippen LogP contribution < -0.4 is 15.9 Å². The van der Waals surface area contributed by atoms with Crippen molar-refractivity contribution in [3.05, 3.63) is 114 Å². The molecule has 1 heterocycles. The molecule has 0 aliphatic carbocycles. The summed E-state index contributed by atoms with van der Waals surface area (Å²) in [6, 6.07) is 31.4. The van der Waals surface area contributed by atoms with Gasteiger partial charge in [0.15, 0.2) is 0 Å². The van der Waals surface area contributed by atoms with Gasteiger partial charge in [0.1, 0.15) is 0 Å². The van der Waals surface area contributed by atoms with Crippen molar-refractivity contribution in [3.63, 3.8) is 0 Å². The van der Waals surface area contributed by atoms with Crippen LogP contribution in [0.25, 0.3) is 0 Å². The third kappa shape index (κ3) is 3.37. The van der Waals surface area contributed by atoms with Crippen LogP contribution in [0.2, 0.25) is 0 Å². The zero-order valence-electron chi connectivity index (χ0n) is 16.7. The zero-order chi connectivity index (χ0) is 20.3. The van der Waals surface area contributed by atoms with E-state index in [0.717, 1.165) is 33.0 Å². The molecule has 0 saturated heterocycles. The van der Waals surface area contributed by atoms with E-state index in [4.69, 9.17) is 16.2 Å². The molecule has 4 aromatic rings. The van der Waals surface area contributed by atoms with Gasteiger partial charge in [-0.15, -0.1) is 0 Å². The van der Waals surface area contributed by atoms with Gasteiger partial charge in [-0.2, -0.15) is 0 Å². The SMILES string of the molecule is Cc1ncc(CP(Cl)(c2ccccc2)(c2ccccc2)c2ccccc2)nc1C. The van der Waals surface area contributed by atoms with Crippen molar-refractivity contribution < 1.29 is 0 Å². The average molecular weight is 419 g/mol. The second kappa shape index (κ2) is 7.71. The van der Waals surface area contributed by atoms with Crippen LogP contribution in [0.5, 0.6) is 0 Å². The zero-order valence-corrected chi connectivity index (χ0v) is 18.3. The molecule has 0 saturated carbocycles. The molecule has 4 heteroatoms. The Bertz CT molecular complexity index is 1020. The summed E-state index contributed by atoms with van der Waals surface area (Å²) < 4.78 is 0. The Morgan fingerprint density at radius 2 is 1.07 bits per heavy atom. The van der Waals surface area contributed by atoms with Crippen molar-refractivity contribution in [2.24, 2.45) is 0 Å². The first-order valence-corrected chi connectivity index (χ1v) is 13.0. The van der Waals surface area contributed by atoms with E-state index in [9.17, 15) is 0 Å². The Hall–Kier alpha value is -2.54. The summed E-state index contributed by atoms with van der Waals surface area (Å²) in [6.45, 7) is 3.99. The normalized spacial score (nSPS) is 12.9. The van der Waals surface area contributed by atoms with E-state index in [0.29, 0.717) is 6.16 Å². The molecule has 0 amide bonds. The van der Waals surface area contributed by atoms with E-state index in [1.807, 2.05) is 38.2 Å². The first-order valence-electron chi connectivity index (χ1n) is 9.71. The molecule has 0 N–H and O–H groups in total. The van der Waals surface area contributed by atoms with Crippen LogP contribution in [0.15, 0.2) is 97.2 Å². The first kappa shape index (κ1) is 19.8. The van der Waals surface area contributed by atoms with Crippen LogP contribution >= 0.6 is 17.2 Å². The molecule has 146 valence electrons. The molecular weight excluding hydrogens is 395 g/mol.